The summed E-state index contributed by atoms with van der Waals surface area (Å²) in [4.78, 5) is 11.9. The lowest BCUT2D eigenvalue weighted by Crippen LogP contribution is -2.37. The van der Waals surface area contributed by atoms with E-state index in [1.807, 2.05) is 32.0 Å². The zero-order chi connectivity index (χ0) is 12.1. The van der Waals surface area contributed by atoms with Crippen molar-refractivity contribution in [3.63, 3.8) is 0 Å². The smallest absolute Gasteiger partial charge is 0.252 e. The Morgan fingerprint density at radius 3 is 2.81 bits per heavy atom. The fourth-order valence-corrected chi connectivity index (χ4v) is 1.78. The number of benzene rings is 1. The number of halogens is 1. The molecule has 1 rings (SSSR count). The van der Waals surface area contributed by atoms with E-state index in [0.717, 1.165) is 10.0 Å². The van der Waals surface area contributed by atoms with Gasteiger partial charge in [-0.05, 0) is 41.4 Å². The molecule has 1 amide bonds. The molecule has 4 heteroatoms. The molecule has 0 saturated heterocycles. The second-order valence-corrected chi connectivity index (χ2v) is 4.60. The molecular formula is C12H16BrNO2. The summed E-state index contributed by atoms with van der Waals surface area (Å²) in [6, 6.07) is 5.43. The Hall–Kier alpha value is -0.870. The van der Waals surface area contributed by atoms with Crippen LogP contribution in [0.4, 0.5) is 0 Å². The number of amides is 1. The van der Waals surface area contributed by atoms with Crippen molar-refractivity contribution in [2.24, 2.45) is 0 Å². The van der Waals surface area contributed by atoms with Crippen LogP contribution in [0.25, 0.3) is 0 Å². The predicted octanol–water partition coefficient (Wildman–Crippen LogP) is 2.26. The van der Waals surface area contributed by atoms with Crippen LogP contribution in [0.1, 0.15) is 29.3 Å². The lowest BCUT2D eigenvalue weighted by atomic mass is 10.1. The van der Waals surface area contributed by atoms with Gasteiger partial charge < -0.3 is 10.4 Å². The van der Waals surface area contributed by atoms with Gasteiger partial charge in [0.25, 0.3) is 5.91 Å². The maximum Gasteiger partial charge on any atom is 0.252 e. The van der Waals surface area contributed by atoms with Crippen LogP contribution in [0, 0.1) is 6.92 Å². The summed E-state index contributed by atoms with van der Waals surface area (Å²) in [6.45, 7) is 3.82. The molecule has 88 valence electrons. The van der Waals surface area contributed by atoms with Gasteiger partial charge in [0, 0.05) is 4.47 Å². The van der Waals surface area contributed by atoms with Crippen molar-refractivity contribution in [1.82, 2.24) is 5.32 Å². The molecule has 0 aliphatic rings. The molecule has 0 bridgehead atoms. The highest BCUT2D eigenvalue weighted by molar-refractivity contribution is 9.10. The third kappa shape index (κ3) is 3.32. The number of nitrogens with one attached hydrogen (secondary N) is 1. The summed E-state index contributed by atoms with van der Waals surface area (Å²) in [5.74, 6) is -0.156. The predicted molar refractivity (Wildman–Crippen MR) is 67.5 cm³/mol. The monoisotopic (exact) mass is 285 g/mol. The van der Waals surface area contributed by atoms with Gasteiger partial charge in [0.05, 0.1) is 18.2 Å². The van der Waals surface area contributed by atoms with E-state index in [4.69, 9.17) is 5.11 Å². The highest BCUT2D eigenvalue weighted by Gasteiger charge is 2.13. The largest absolute Gasteiger partial charge is 0.394 e. The third-order valence-electron chi connectivity index (χ3n) is 2.41. The van der Waals surface area contributed by atoms with E-state index in [1.54, 1.807) is 0 Å². The van der Waals surface area contributed by atoms with Crippen molar-refractivity contribution in [3.8, 4) is 0 Å². The highest BCUT2D eigenvalue weighted by Crippen LogP contribution is 2.18. The molecule has 0 radical (unpaired) electrons. The number of carbonyl (C=O) groups excluding carboxylic acids is 1. The van der Waals surface area contributed by atoms with Crippen molar-refractivity contribution < 1.29 is 9.90 Å². The topological polar surface area (TPSA) is 49.3 Å². The van der Waals surface area contributed by atoms with E-state index in [0.29, 0.717) is 12.0 Å². The van der Waals surface area contributed by atoms with Crippen LogP contribution in [0.3, 0.4) is 0 Å². The maximum absolute atomic E-state index is 11.9. The van der Waals surface area contributed by atoms with Gasteiger partial charge in [-0.1, -0.05) is 18.6 Å². The fraction of sp³-hybridized carbons (Fsp3) is 0.417. The molecule has 2 N–H and O–H groups in total. The minimum absolute atomic E-state index is 0.0360. The molecule has 0 aliphatic carbocycles. The minimum Gasteiger partial charge on any atom is -0.394 e. The van der Waals surface area contributed by atoms with E-state index in [1.165, 1.54) is 0 Å². The first kappa shape index (κ1) is 13.2. The molecule has 1 aromatic carbocycles. The maximum atomic E-state index is 11.9. The Bertz CT molecular complexity index is 375. The van der Waals surface area contributed by atoms with E-state index >= 15 is 0 Å². The van der Waals surface area contributed by atoms with Crippen LogP contribution in [0.15, 0.2) is 22.7 Å². The Labute approximate surface area is 104 Å². The SMILES string of the molecule is CC[C@H](CO)NC(=O)c1cc(C)ccc1Br. The molecule has 1 atom stereocenters. The average molecular weight is 286 g/mol. The summed E-state index contributed by atoms with van der Waals surface area (Å²) in [7, 11) is 0. The van der Waals surface area contributed by atoms with Gasteiger partial charge in [0.15, 0.2) is 0 Å². The number of hydrogen-bond donors (Lipinski definition) is 2. The summed E-state index contributed by atoms with van der Waals surface area (Å²) in [6.07, 6.45) is 0.714. The minimum atomic E-state index is -0.181. The van der Waals surface area contributed by atoms with Crippen molar-refractivity contribution in [1.29, 1.82) is 0 Å². The number of aliphatic hydroxyl groups excluding tert-OH is 1. The average Bonchev–Trinajstić information content (AvgIpc) is 2.28. The van der Waals surface area contributed by atoms with E-state index < -0.39 is 0 Å². The first-order valence-electron chi connectivity index (χ1n) is 5.26. The van der Waals surface area contributed by atoms with E-state index in [2.05, 4.69) is 21.2 Å². The summed E-state index contributed by atoms with van der Waals surface area (Å²) in [5.41, 5.74) is 1.64. The van der Waals surface area contributed by atoms with Crippen molar-refractivity contribution >= 4 is 21.8 Å². The van der Waals surface area contributed by atoms with Crippen LogP contribution in [-0.4, -0.2) is 23.7 Å². The standard InChI is InChI=1S/C12H16BrNO2/c1-3-9(7-15)14-12(16)10-6-8(2)4-5-11(10)13/h4-6,9,15H,3,7H2,1-2H3,(H,14,16)/t9-/m1/s1. The highest BCUT2D eigenvalue weighted by atomic mass is 79.9. The Morgan fingerprint density at radius 1 is 1.56 bits per heavy atom. The summed E-state index contributed by atoms with van der Waals surface area (Å²) in [5, 5.41) is 11.8. The van der Waals surface area contributed by atoms with Gasteiger partial charge in [0.2, 0.25) is 0 Å². The Kier molecular flexibility index (Phi) is 4.96. The number of carbonyl (C=O) groups is 1. The second-order valence-electron chi connectivity index (χ2n) is 3.74. The van der Waals surface area contributed by atoms with Crippen LogP contribution >= 0.6 is 15.9 Å². The molecule has 16 heavy (non-hydrogen) atoms. The van der Waals surface area contributed by atoms with Gasteiger partial charge in [-0.25, -0.2) is 0 Å². The number of aryl methyl sites for hydroxylation is 1. The number of hydrogen-bond acceptors (Lipinski definition) is 2. The van der Waals surface area contributed by atoms with Crippen molar-refractivity contribution in [2.45, 2.75) is 26.3 Å². The zero-order valence-corrected chi connectivity index (χ0v) is 11.0. The molecule has 0 aromatic heterocycles. The lowest BCUT2D eigenvalue weighted by molar-refractivity contribution is 0.0914. The van der Waals surface area contributed by atoms with Crippen molar-refractivity contribution in [2.75, 3.05) is 6.61 Å². The zero-order valence-electron chi connectivity index (χ0n) is 9.46. The second kappa shape index (κ2) is 6.01. The van der Waals surface area contributed by atoms with Crippen LogP contribution in [0.2, 0.25) is 0 Å². The lowest BCUT2D eigenvalue weighted by Gasteiger charge is -2.14. The molecule has 1 aromatic rings. The van der Waals surface area contributed by atoms with Crippen molar-refractivity contribution in [3.05, 3.63) is 33.8 Å². The molecule has 0 saturated carbocycles. The van der Waals surface area contributed by atoms with Gasteiger partial charge in [-0.3, -0.25) is 4.79 Å². The first-order chi connectivity index (χ1) is 7.58. The van der Waals surface area contributed by atoms with Crippen LogP contribution in [0.5, 0.6) is 0 Å². The molecule has 0 aliphatic heterocycles. The fourth-order valence-electron chi connectivity index (χ4n) is 1.35. The third-order valence-corrected chi connectivity index (χ3v) is 3.11. The quantitative estimate of drug-likeness (QED) is 0.892. The molecule has 0 fully saturated rings. The number of aliphatic hydroxyl groups is 1. The molecular weight excluding hydrogens is 270 g/mol. The van der Waals surface area contributed by atoms with Gasteiger partial charge in [0.1, 0.15) is 0 Å². The summed E-state index contributed by atoms with van der Waals surface area (Å²) < 4.78 is 0.767. The van der Waals surface area contributed by atoms with E-state index in [9.17, 15) is 4.79 Å². The normalized spacial score (nSPS) is 12.2. The molecule has 0 unspecified atom stereocenters. The Balaban J connectivity index is 2.83. The summed E-state index contributed by atoms with van der Waals surface area (Å²) >= 11 is 3.34. The molecule has 0 heterocycles. The molecule has 0 spiro atoms. The first-order valence-corrected chi connectivity index (χ1v) is 6.05. The van der Waals surface area contributed by atoms with Gasteiger partial charge in [-0.15, -0.1) is 0 Å². The van der Waals surface area contributed by atoms with Gasteiger partial charge in [-0.2, -0.15) is 0 Å². The van der Waals surface area contributed by atoms with Crippen LogP contribution in [-0.2, 0) is 0 Å². The van der Waals surface area contributed by atoms with E-state index in [-0.39, 0.29) is 18.6 Å². The number of rotatable bonds is 4. The van der Waals surface area contributed by atoms with Gasteiger partial charge >= 0.3 is 0 Å². The Morgan fingerprint density at radius 2 is 2.25 bits per heavy atom. The molecule has 3 nitrogen and oxygen atoms in total. The van der Waals surface area contributed by atoms with Crippen LogP contribution < -0.4 is 5.32 Å².